The van der Waals surface area contributed by atoms with Crippen LogP contribution in [0.15, 0.2) is 18.2 Å². The summed E-state index contributed by atoms with van der Waals surface area (Å²) in [7, 11) is 2.01. The van der Waals surface area contributed by atoms with Crippen LogP contribution in [0.4, 0.5) is 0 Å². The lowest BCUT2D eigenvalue weighted by molar-refractivity contribution is -0.159. The van der Waals surface area contributed by atoms with E-state index in [-0.39, 0.29) is 0 Å². The molecule has 1 unspecified atom stereocenters. The molecule has 152 valence electrons. The van der Waals surface area contributed by atoms with Crippen molar-refractivity contribution in [1.29, 1.82) is 0 Å². The molecule has 0 spiro atoms. The number of aryl methyl sites for hydroxylation is 4. The van der Waals surface area contributed by atoms with E-state index >= 15 is 0 Å². The minimum atomic E-state index is -1.82. The van der Waals surface area contributed by atoms with Gasteiger partial charge in [0.05, 0.1) is 5.69 Å². The van der Waals surface area contributed by atoms with Crippen molar-refractivity contribution in [3.8, 4) is 0 Å². The minimum absolute atomic E-state index is 0.367. The van der Waals surface area contributed by atoms with Crippen molar-refractivity contribution in [3.05, 3.63) is 51.8 Å². The molecule has 3 N–H and O–H groups in total. The number of benzene rings is 1. The predicted molar refractivity (Wildman–Crippen MR) is 106 cm³/mol. The summed E-state index contributed by atoms with van der Waals surface area (Å²) in [6.07, 6.45) is 5.19. The molecular weight excluding hydrogens is 358 g/mol. The highest BCUT2D eigenvalue weighted by molar-refractivity contribution is 6.27. The molecule has 0 saturated heterocycles. The number of nitrogens with zero attached hydrogens (tertiary/aromatic N) is 2. The number of aliphatic carboxylic acids is 2. The van der Waals surface area contributed by atoms with E-state index in [0.717, 1.165) is 12.2 Å². The molecule has 28 heavy (non-hydrogen) atoms. The third kappa shape index (κ3) is 5.42. The van der Waals surface area contributed by atoms with E-state index in [1.165, 1.54) is 42.5 Å². The van der Waals surface area contributed by atoms with E-state index in [9.17, 15) is 0 Å². The summed E-state index contributed by atoms with van der Waals surface area (Å²) >= 11 is 0. The highest BCUT2D eigenvalue weighted by Crippen LogP contribution is 2.25. The molecule has 1 aliphatic carbocycles. The summed E-state index contributed by atoms with van der Waals surface area (Å²) < 4.78 is 1.97. The fourth-order valence-corrected chi connectivity index (χ4v) is 3.47. The van der Waals surface area contributed by atoms with E-state index in [1.807, 2.05) is 11.7 Å². The zero-order valence-electron chi connectivity index (χ0n) is 17.0. The van der Waals surface area contributed by atoms with Crippen molar-refractivity contribution < 1.29 is 19.8 Å². The van der Waals surface area contributed by atoms with Crippen molar-refractivity contribution in [2.45, 2.75) is 59.0 Å². The number of rotatable bonds is 4. The van der Waals surface area contributed by atoms with Gasteiger partial charge < -0.3 is 15.5 Å². The lowest BCUT2D eigenvalue weighted by Crippen LogP contribution is -2.19. The Morgan fingerprint density at radius 2 is 1.75 bits per heavy atom. The van der Waals surface area contributed by atoms with E-state index in [0.29, 0.717) is 6.04 Å². The zero-order valence-corrected chi connectivity index (χ0v) is 17.0. The first kappa shape index (κ1) is 21.6. The zero-order chi connectivity index (χ0) is 20.8. The maximum atomic E-state index is 9.10. The maximum Gasteiger partial charge on any atom is 0.414 e. The summed E-state index contributed by atoms with van der Waals surface area (Å²) in [5.74, 6) is -3.65. The Kier molecular flexibility index (Phi) is 7.34. The molecule has 0 amide bonds. The second-order valence-corrected chi connectivity index (χ2v) is 7.22. The van der Waals surface area contributed by atoms with Crippen molar-refractivity contribution in [1.82, 2.24) is 15.1 Å². The average Bonchev–Trinajstić information content (AvgIpc) is 2.91. The van der Waals surface area contributed by atoms with Gasteiger partial charge in [0.25, 0.3) is 0 Å². The van der Waals surface area contributed by atoms with Crippen LogP contribution in [0.3, 0.4) is 0 Å². The molecule has 1 aliphatic rings. The van der Waals surface area contributed by atoms with Gasteiger partial charge in [0.1, 0.15) is 0 Å². The van der Waals surface area contributed by atoms with Gasteiger partial charge in [0.15, 0.2) is 0 Å². The Hall–Kier alpha value is -2.67. The summed E-state index contributed by atoms with van der Waals surface area (Å²) in [5, 5.41) is 22.9. The standard InChI is InChI=1S/C19H27N3.C2H2O4/c1-13(20-12-19-14(2)21-22(4)15(19)3)17-10-9-16-7-5-6-8-18(16)11-17;3-1(4)2(5)6/h9-11,13,20H,5-8,12H2,1-4H3;(H,3,4)(H,5,6). The first-order valence-corrected chi connectivity index (χ1v) is 9.51. The van der Waals surface area contributed by atoms with Crippen LogP contribution in [-0.2, 0) is 36.0 Å². The Bertz CT molecular complexity index is 846. The molecule has 1 atom stereocenters. The third-order valence-electron chi connectivity index (χ3n) is 5.30. The molecule has 1 heterocycles. The van der Waals surface area contributed by atoms with E-state index in [2.05, 4.69) is 49.4 Å². The molecule has 7 nitrogen and oxygen atoms in total. The van der Waals surface area contributed by atoms with Crippen LogP contribution >= 0.6 is 0 Å². The molecular formula is C21H29N3O4. The number of carboxylic acids is 2. The van der Waals surface area contributed by atoms with E-state index in [4.69, 9.17) is 19.8 Å². The predicted octanol–water partition coefficient (Wildman–Crippen LogP) is 2.92. The molecule has 7 heteroatoms. The normalized spacial score (nSPS) is 13.9. The number of hydrogen-bond acceptors (Lipinski definition) is 4. The number of carbonyl (C=O) groups is 2. The van der Waals surface area contributed by atoms with Crippen LogP contribution in [0.1, 0.15) is 59.4 Å². The van der Waals surface area contributed by atoms with Gasteiger partial charge >= 0.3 is 11.9 Å². The van der Waals surface area contributed by atoms with Crippen LogP contribution in [0.25, 0.3) is 0 Å². The molecule has 0 saturated carbocycles. The summed E-state index contributed by atoms with van der Waals surface area (Å²) in [6.45, 7) is 7.36. The SMILES string of the molecule is Cc1nn(C)c(C)c1CNC(C)c1ccc2c(c1)CCCC2.O=C(O)C(=O)O. The van der Waals surface area contributed by atoms with Crippen LogP contribution < -0.4 is 5.32 Å². The number of carboxylic acid groups (broad SMARTS) is 2. The third-order valence-corrected chi connectivity index (χ3v) is 5.30. The molecule has 3 rings (SSSR count). The second-order valence-electron chi connectivity index (χ2n) is 7.22. The van der Waals surface area contributed by atoms with Crippen LogP contribution in [0.5, 0.6) is 0 Å². The fraction of sp³-hybridized carbons (Fsp3) is 0.476. The van der Waals surface area contributed by atoms with Crippen LogP contribution in [0.2, 0.25) is 0 Å². The number of fused-ring (bicyclic) bond motifs is 1. The average molecular weight is 387 g/mol. The summed E-state index contributed by atoms with van der Waals surface area (Å²) in [5.41, 5.74) is 8.23. The van der Waals surface area contributed by atoms with Gasteiger partial charge in [-0.05, 0) is 63.1 Å². The Morgan fingerprint density at radius 1 is 1.14 bits per heavy atom. The summed E-state index contributed by atoms with van der Waals surface area (Å²) in [4.78, 5) is 18.2. The number of nitrogens with one attached hydrogen (secondary N) is 1. The minimum Gasteiger partial charge on any atom is -0.473 e. The van der Waals surface area contributed by atoms with Crippen molar-refractivity contribution in [2.75, 3.05) is 0 Å². The Morgan fingerprint density at radius 3 is 2.29 bits per heavy atom. The highest BCUT2D eigenvalue weighted by Gasteiger charge is 2.14. The van der Waals surface area contributed by atoms with Gasteiger partial charge in [-0.15, -0.1) is 0 Å². The van der Waals surface area contributed by atoms with Crippen molar-refractivity contribution in [2.24, 2.45) is 7.05 Å². The van der Waals surface area contributed by atoms with Gasteiger partial charge in [-0.2, -0.15) is 5.10 Å². The lowest BCUT2D eigenvalue weighted by Gasteiger charge is -2.20. The Balaban J connectivity index is 0.000000409. The van der Waals surface area contributed by atoms with Gasteiger partial charge in [-0.1, -0.05) is 18.2 Å². The van der Waals surface area contributed by atoms with Gasteiger partial charge in [-0.3, -0.25) is 4.68 Å². The van der Waals surface area contributed by atoms with Crippen LogP contribution in [-0.4, -0.2) is 31.9 Å². The molecule has 0 aliphatic heterocycles. The monoisotopic (exact) mass is 387 g/mol. The fourth-order valence-electron chi connectivity index (χ4n) is 3.47. The smallest absolute Gasteiger partial charge is 0.414 e. The lowest BCUT2D eigenvalue weighted by atomic mass is 9.89. The molecule has 0 radical (unpaired) electrons. The highest BCUT2D eigenvalue weighted by atomic mass is 16.4. The maximum absolute atomic E-state index is 9.10. The Labute approximate surface area is 165 Å². The molecule has 1 aromatic heterocycles. The first-order chi connectivity index (χ1) is 13.2. The topological polar surface area (TPSA) is 104 Å². The first-order valence-electron chi connectivity index (χ1n) is 9.51. The van der Waals surface area contributed by atoms with Gasteiger partial charge in [0, 0.05) is 30.9 Å². The molecule has 1 aromatic carbocycles. The van der Waals surface area contributed by atoms with Crippen LogP contribution in [0, 0.1) is 13.8 Å². The quantitative estimate of drug-likeness (QED) is 0.697. The van der Waals surface area contributed by atoms with Crippen molar-refractivity contribution >= 4 is 11.9 Å². The number of aromatic nitrogens is 2. The van der Waals surface area contributed by atoms with Gasteiger partial charge in [-0.25, -0.2) is 9.59 Å². The van der Waals surface area contributed by atoms with E-state index in [1.54, 1.807) is 11.1 Å². The largest absolute Gasteiger partial charge is 0.473 e. The van der Waals surface area contributed by atoms with Crippen molar-refractivity contribution in [3.63, 3.8) is 0 Å². The molecule has 0 fully saturated rings. The second kappa shape index (κ2) is 9.50. The number of hydrogen-bond donors (Lipinski definition) is 3. The summed E-state index contributed by atoms with van der Waals surface area (Å²) in [6, 6.07) is 7.41. The molecule has 0 bridgehead atoms. The molecule has 2 aromatic rings. The van der Waals surface area contributed by atoms with E-state index < -0.39 is 11.9 Å². The van der Waals surface area contributed by atoms with Gasteiger partial charge in [0.2, 0.25) is 0 Å².